The maximum Gasteiger partial charge on any atom is 0.143 e. The van der Waals surface area contributed by atoms with Gasteiger partial charge in [-0.1, -0.05) is 11.6 Å². The normalized spacial score (nSPS) is 9.88. The van der Waals surface area contributed by atoms with Gasteiger partial charge in [-0.3, -0.25) is 0 Å². The second-order valence-corrected chi connectivity index (χ2v) is 2.55. The molecule has 0 unspecified atom stereocenters. The van der Waals surface area contributed by atoms with E-state index < -0.39 is 0 Å². The average molecular weight is 195 g/mol. The van der Waals surface area contributed by atoms with E-state index in [-0.39, 0.29) is 0 Å². The number of imidazole rings is 1. The average Bonchev–Trinajstić information content (AvgIpc) is 1.98. The molecule has 1 aromatic rings. The zero-order chi connectivity index (χ0) is 6.15. The highest BCUT2D eigenvalue weighted by atomic mass is 79.9. The van der Waals surface area contributed by atoms with Gasteiger partial charge in [-0.05, 0) is 15.9 Å². The Labute approximate surface area is 60.6 Å². The predicted molar refractivity (Wildman–Crippen MR) is 35.9 cm³/mol. The molecule has 1 aromatic heterocycles. The fourth-order valence-corrected chi connectivity index (χ4v) is 0.850. The minimum atomic E-state index is 0.630. The van der Waals surface area contributed by atoms with Crippen LogP contribution in [0.25, 0.3) is 0 Å². The minimum absolute atomic E-state index is 0.630. The van der Waals surface area contributed by atoms with Gasteiger partial charge in [0.25, 0.3) is 0 Å². The number of aryl methyl sites for hydroxylation is 1. The summed E-state index contributed by atoms with van der Waals surface area (Å²) in [6.45, 7) is 0. The summed E-state index contributed by atoms with van der Waals surface area (Å²) < 4.78 is 2.42. The molecule has 0 bridgehead atoms. The van der Waals surface area contributed by atoms with Gasteiger partial charge in [-0.15, -0.1) is 0 Å². The summed E-state index contributed by atoms with van der Waals surface area (Å²) in [7, 11) is 1.83. The molecule has 0 saturated heterocycles. The van der Waals surface area contributed by atoms with Crippen LogP contribution < -0.4 is 0 Å². The highest BCUT2D eigenvalue weighted by Gasteiger charge is 1.98. The predicted octanol–water partition coefficient (Wildman–Crippen LogP) is 1.84. The lowest BCUT2D eigenvalue weighted by molar-refractivity contribution is 0.914. The maximum atomic E-state index is 5.65. The number of hydrogen-bond acceptors (Lipinski definition) is 1. The zero-order valence-electron chi connectivity index (χ0n) is 4.23. The van der Waals surface area contributed by atoms with Crippen LogP contribution in [0, 0.1) is 0 Å². The fourth-order valence-electron chi connectivity index (χ4n) is 0.387. The Morgan fingerprint density at radius 3 is 2.62 bits per heavy atom. The van der Waals surface area contributed by atoms with Gasteiger partial charge in [0.15, 0.2) is 0 Å². The highest BCUT2D eigenvalue weighted by Crippen LogP contribution is 2.17. The molecule has 0 aliphatic carbocycles. The van der Waals surface area contributed by atoms with Crippen LogP contribution in [0.3, 0.4) is 0 Å². The number of nitrogens with zero attached hydrogens (tertiary/aromatic N) is 2. The highest BCUT2D eigenvalue weighted by molar-refractivity contribution is 9.10. The van der Waals surface area contributed by atoms with Crippen molar-refractivity contribution >= 4 is 27.5 Å². The van der Waals surface area contributed by atoms with E-state index in [1.807, 2.05) is 7.05 Å². The van der Waals surface area contributed by atoms with E-state index in [2.05, 4.69) is 20.9 Å². The second kappa shape index (κ2) is 2.07. The first kappa shape index (κ1) is 6.11. The molecule has 1 rings (SSSR count). The van der Waals surface area contributed by atoms with E-state index in [4.69, 9.17) is 11.6 Å². The standard InChI is InChI=1S/C4H4BrClN2/c1-8-2-7-3(5)4(8)6/h2H,1H3. The molecule has 2 nitrogen and oxygen atoms in total. The van der Waals surface area contributed by atoms with Gasteiger partial charge >= 0.3 is 0 Å². The first-order chi connectivity index (χ1) is 3.72. The molecular weight excluding hydrogens is 191 g/mol. The van der Waals surface area contributed by atoms with Crippen LogP contribution in [0.4, 0.5) is 0 Å². The molecule has 0 aromatic carbocycles. The van der Waals surface area contributed by atoms with Gasteiger partial charge < -0.3 is 4.57 Å². The molecule has 8 heavy (non-hydrogen) atoms. The van der Waals surface area contributed by atoms with Crippen molar-refractivity contribution in [2.45, 2.75) is 0 Å². The molecule has 0 aliphatic rings. The Bertz CT molecular complexity index is 176. The number of halogens is 2. The molecule has 0 N–H and O–H groups in total. The summed E-state index contributed by atoms with van der Waals surface area (Å²) in [5.41, 5.74) is 0. The quantitative estimate of drug-likeness (QED) is 0.618. The lowest BCUT2D eigenvalue weighted by Gasteiger charge is -1.86. The summed E-state index contributed by atoms with van der Waals surface area (Å²) in [5, 5.41) is 0.630. The SMILES string of the molecule is Cn1cnc(Br)c1Cl. The van der Waals surface area contributed by atoms with Crippen LogP contribution >= 0.6 is 27.5 Å². The van der Waals surface area contributed by atoms with Crippen molar-refractivity contribution < 1.29 is 0 Å². The van der Waals surface area contributed by atoms with Gasteiger partial charge in [0.1, 0.15) is 9.76 Å². The van der Waals surface area contributed by atoms with Crippen molar-refractivity contribution in [3.05, 3.63) is 16.1 Å². The van der Waals surface area contributed by atoms with Crippen molar-refractivity contribution in [1.82, 2.24) is 9.55 Å². The van der Waals surface area contributed by atoms with E-state index in [0.717, 1.165) is 0 Å². The molecule has 1 heterocycles. The summed E-state index contributed by atoms with van der Waals surface area (Å²) in [6, 6.07) is 0. The molecular formula is C4H4BrClN2. The Morgan fingerprint density at radius 1 is 1.88 bits per heavy atom. The molecule has 44 valence electrons. The topological polar surface area (TPSA) is 17.8 Å². The van der Waals surface area contributed by atoms with Crippen LogP contribution in [0.2, 0.25) is 5.15 Å². The van der Waals surface area contributed by atoms with Crippen molar-refractivity contribution in [3.8, 4) is 0 Å². The smallest absolute Gasteiger partial charge is 0.143 e. The first-order valence-corrected chi connectivity index (χ1v) is 3.21. The summed E-state index contributed by atoms with van der Waals surface area (Å²) in [4.78, 5) is 3.86. The van der Waals surface area contributed by atoms with Crippen molar-refractivity contribution in [2.75, 3.05) is 0 Å². The molecule has 0 fully saturated rings. The van der Waals surface area contributed by atoms with Gasteiger partial charge in [0, 0.05) is 7.05 Å². The zero-order valence-corrected chi connectivity index (χ0v) is 6.57. The third-order valence-corrected chi connectivity index (χ3v) is 2.08. The van der Waals surface area contributed by atoms with E-state index in [1.54, 1.807) is 10.9 Å². The third-order valence-electron chi connectivity index (χ3n) is 0.824. The number of hydrogen-bond donors (Lipinski definition) is 0. The Hall–Kier alpha value is -0.0200. The number of aromatic nitrogens is 2. The number of rotatable bonds is 0. The van der Waals surface area contributed by atoms with E-state index in [0.29, 0.717) is 9.76 Å². The monoisotopic (exact) mass is 194 g/mol. The van der Waals surface area contributed by atoms with Gasteiger partial charge in [-0.25, -0.2) is 4.98 Å². The second-order valence-electron chi connectivity index (χ2n) is 1.44. The van der Waals surface area contributed by atoms with Crippen LogP contribution in [0.1, 0.15) is 0 Å². The fraction of sp³-hybridized carbons (Fsp3) is 0.250. The Morgan fingerprint density at radius 2 is 2.50 bits per heavy atom. The Balaban J connectivity index is 3.19. The van der Waals surface area contributed by atoms with Crippen molar-refractivity contribution in [1.29, 1.82) is 0 Å². The molecule has 0 spiro atoms. The third kappa shape index (κ3) is 0.880. The van der Waals surface area contributed by atoms with Gasteiger partial charge in [0.05, 0.1) is 6.33 Å². The van der Waals surface area contributed by atoms with E-state index >= 15 is 0 Å². The van der Waals surface area contributed by atoms with Gasteiger partial charge in [0.2, 0.25) is 0 Å². The first-order valence-electron chi connectivity index (χ1n) is 2.04. The van der Waals surface area contributed by atoms with Crippen LogP contribution in [0.15, 0.2) is 10.9 Å². The molecule has 0 atom stereocenters. The summed E-state index contributed by atoms with van der Waals surface area (Å²) in [5.74, 6) is 0. The minimum Gasteiger partial charge on any atom is -0.324 e. The lowest BCUT2D eigenvalue weighted by Crippen LogP contribution is -1.81. The van der Waals surface area contributed by atoms with Crippen LogP contribution in [-0.2, 0) is 7.05 Å². The lowest BCUT2D eigenvalue weighted by atomic mass is 10.9. The molecule has 4 heteroatoms. The van der Waals surface area contributed by atoms with Crippen LogP contribution in [-0.4, -0.2) is 9.55 Å². The van der Waals surface area contributed by atoms with Crippen molar-refractivity contribution in [2.24, 2.45) is 7.05 Å². The summed E-state index contributed by atoms with van der Waals surface area (Å²) >= 11 is 8.80. The molecule has 0 amide bonds. The molecule has 0 aliphatic heterocycles. The largest absolute Gasteiger partial charge is 0.324 e. The van der Waals surface area contributed by atoms with Crippen LogP contribution in [0.5, 0.6) is 0 Å². The molecule has 0 radical (unpaired) electrons. The van der Waals surface area contributed by atoms with E-state index in [1.165, 1.54) is 0 Å². The Kier molecular flexibility index (Phi) is 1.58. The van der Waals surface area contributed by atoms with Gasteiger partial charge in [-0.2, -0.15) is 0 Å². The molecule has 0 saturated carbocycles. The summed E-state index contributed by atoms with van der Waals surface area (Å²) in [6.07, 6.45) is 1.65. The van der Waals surface area contributed by atoms with Crippen molar-refractivity contribution in [3.63, 3.8) is 0 Å². The maximum absolute atomic E-state index is 5.65. The van der Waals surface area contributed by atoms with E-state index in [9.17, 15) is 0 Å².